The van der Waals surface area contributed by atoms with Crippen LogP contribution in [0, 0.1) is 5.82 Å². The molecule has 0 fully saturated rings. The lowest BCUT2D eigenvalue weighted by Gasteiger charge is -1.99. The van der Waals surface area contributed by atoms with Crippen molar-refractivity contribution in [1.29, 1.82) is 0 Å². The first-order chi connectivity index (χ1) is 11.2. The molecular formula is C17H11FN4O. The van der Waals surface area contributed by atoms with Gasteiger partial charge in [-0.2, -0.15) is 0 Å². The van der Waals surface area contributed by atoms with Crippen LogP contribution in [0.4, 0.5) is 4.39 Å². The van der Waals surface area contributed by atoms with Crippen molar-refractivity contribution in [2.75, 3.05) is 0 Å². The summed E-state index contributed by atoms with van der Waals surface area (Å²) in [5, 5.41) is 2.98. The lowest BCUT2D eigenvalue weighted by Crippen LogP contribution is -2.14. The van der Waals surface area contributed by atoms with Gasteiger partial charge in [0.2, 0.25) is 0 Å². The van der Waals surface area contributed by atoms with Gasteiger partial charge in [0, 0.05) is 18.3 Å². The predicted molar refractivity (Wildman–Crippen MR) is 84.4 cm³/mol. The quantitative estimate of drug-likeness (QED) is 0.619. The molecule has 1 aromatic carbocycles. The zero-order chi connectivity index (χ0) is 15.8. The minimum absolute atomic E-state index is 0.232. The summed E-state index contributed by atoms with van der Waals surface area (Å²) in [6.07, 6.45) is 1.65. The molecule has 5 nitrogen and oxygen atoms in total. The Morgan fingerprint density at radius 3 is 2.57 bits per heavy atom. The maximum absolute atomic E-state index is 13.0. The van der Waals surface area contributed by atoms with E-state index in [1.165, 1.54) is 22.7 Å². The van der Waals surface area contributed by atoms with Gasteiger partial charge in [-0.1, -0.05) is 6.07 Å². The van der Waals surface area contributed by atoms with E-state index in [0.717, 1.165) is 5.56 Å². The Hall–Kier alpha value is -3.28. The molecule has 0 unspecified atom stereocenters. The summed E-state index contributed by atoms with van der Waals surface area (Å²) in [5.74, 6) is -0.308. The molecule has 112 valence electrons. The van der Waals surface area contributed by atoms with Gasteiger partial charge in [-0.05, 0) is 42.0 Å². The summed E-state index contributed by atoms with van der Waals surface area (Å²) < 4.78 is 14.4. The van der Waals surface area contributed by atoms with E-state index in [9.17, 15) is 9.18 Å². The molecule has 0 aliphatic heterocycles. The summed E-state index contributed by atoms with van der Waals surface area (Å²) in [5.41, 5.74) is 2.86. The molecule has 0 amide bonds. The number of H-pyrrole nitrogens is 1. The Balaban J connectivity index is 1.87. The fourth-order valence-corrected chi connectivity index (χ4v) is 2.41. The fourth-order valence-electron chi connectivity index (χ4n) is 2.41. The number of halogens is 1. The van der Waals surface area contributed by atoms with Gasteiger partial charge < -0.3 is 0 Å². The minimum atomic E-state index is -0.308. The maximum Gasteiger partial charge on any atom is 0.273 e. The SMILES string of the molecule is O=c1cc(-c2ccccn2)nc2cc(-c3ccc(F)cc3)[nH]n12. The molecule has 0 spiro atoms. The summed E-state index contributed by atoms with van der Waals surface area (Å²) in [7, 11) is 0. The van der Waals surface area contributed by atoms with Crippen molar-refractivity contribution in [3.05, 3.63) is 77.0 Å². The first-order valence-electron chi connectivity index (χ1n) is 7.01. The molecule has 3 heterocycles. The number of benzene rings is 1. The average Bonchev–Trinajstić information content (AvgIpc) is 3.01. The van der Waals surface area contributed by atoms with E-state index < -0.39 is 0 Å². The number of hydrogen-bond acceptors (Lipinski definition) is 3. The molecule has 6 heteroatoms. The van der Waals surface area contributed by atoms with Crippen LogP contribution in [0.1, 0.15) is 0 Å². The monoisotopic (exact) mass is 306 g/mol. The van der Waals surface area contributed by atoms with Crippen LogP contribution in [0.3, 0.4) is 0 Å². The van der Waals surface area contributed by atoms with Crippen molar-refractivity contribution < 1.29 is 4.39 Å². The van der Waals surface area contributed by atoms with Crippen LogP contribution in [-0.4, -0.2) is 19.6 Å². The van der Waals surface area contributed by atoms with Crippen molar-refractivity contribution in [2.45, 2.75) is 0 Å². The van der Waals surface area contributed by atoms with Gasteiger partial charge in [-0.25, -0.2) is 13.9 Å². The predicted octanol–water partition coefficient (Wildman–Crippen LogP) is 2.89. The van der Waals surface area contributed by atoms with Gasteiger partial charge in [-0.3, -0.25) is 14.9 Å². The van der Waals surface area contributed by atoms with Gasteiger partial charge in [0.25, 0.3) is 5.56 Å². The number of hydrogen-bond donors (Lipinski definition) is 1. The Bertz CT molecular complexity index is 1040. The molecule has 3 aromatic heterocycles. The fraction of sp³-hybridized carbons (Fsp3) is 0. The normalized spacial score (nSPS) is 11.0. The van der Waals surface area contributed by atoms with Crippen molar-refractivity contribution in [2.24, 2.45) is 0 Å². The summed E-state index contributed by atoms with van der Waals surface area (Å²) in [6, 6.07) is 14.7. The highest BCUT2D eigenvalue weighted by molar-refractivity contribution is 5.65. The van der Waals surface area contributed by atoms with Crippen LogP contribution >= 0.6 is 0 Å². The van der Waals surface area contributed by atoms with Crippen molar-refractivity contribution in [3.63, 3.8) is 0 Å². The molecule has 0 aliphatic carbocycles. The van der Waals surface area contributed by atoms with Crippen LogP contribution in [0.2, 0.25) is 0 Å². The molecule has 0 saturated carbocycles. The van der Waals surface area contributed by atoms with Gasteiger partial charge in [0.15, 0.2) is 5.65 Å². The highest BCUT2D eigenvalue weighted by Gasteiger charge is 2.09. The summed E-state index contributed by atoms with van der Waals surface area (Å²) >= 11 is 0. The Morgan fingerprint density at radius 1 is 1.00 bits per heavy atom. The second-order valence-electron chi connectivity index (χ2n) is 5.06. The van der Waals surface area contributed by atoms with Crippen LogP contribution in [-0.2, 0) is 0 Å². The molecule has 0 atom stereocenters. The van der Waals surface area contributed by atoms with Gasteiger partial charge >= 0.3 is 0 Å². The lowest BCUT2D eigenvalue weighted by atomic mass is 10.1. The number of pyridine rings is 1. The zero-order valence-electron chi connectivity index (χ0n) is 11.9. The molecule has 0 saturated heterocycles. The van der Waals surface area contributed by atoms with E-state index in [2.05, 4.69) is 15.1 Å². The van der Waals surface area contributed by atoms with E-state index >= 15 is 0 Å². The van der Waals surface area contributed by atoms with Gasteiger partial charge in [0.1, 0.15) is 5.82 Å². The number of nitrogens with zero attached hydrogens (tertiary/aromatic N) is 3. The highest BCUT2D eigenvalue weighted by Crippen LogP contribution is 2.20. The third-order valence-corrected chi connectivity index (χ3v) is 3.53. The van der Waals surface area contributed by atoms with E-state index in [1.54, 1.807) is 36.5 Å². The number of fused-ring (bicyclic) bond motifs is 1. The van der Waals surface area contributed by atoms with E-state index in [0.29, 0.717) is 22.7 Å². The smallest absolute Gasteiger partial charge is 0.273 e. The Kier molecular flexibility index (Phi) is 3.01. The number of aromatic nitrogens is 4. The highest BCUT2D eigenvalue weighted by atomic mass is 19.1. The molecular weight excluding hydrogens is 295 g/mol. The largest absolute Gasteiger partial charge is 0.289 e. The van der Waals surface area contributed by atoms with E-state index in [4.69, 9.17) is 0 Å². The molecule has 1 N–H and O–H groups in total. The average molecular weight is 306 g/mol. The summed E-state index contributed by atoms with van der Waals surface area (Å²) in [4.78, 5) is 20.9. The van der Waals surface area contributed by atoms with Crippen LogP contribution in [0.5, 0.6) is 0 Å². The minimum Gasteiger partial charge on any atom is -0.289 e. The van der Waals surface area contributed by atoms with Crippen LogP contribution in [0.15, 0.2) is 65.6 Å². The van der Waals surface area contributed by atoms with Crippen molar-refractivity contribution >= 4 is 5.65 Å². The van der Waals surface area contributed by atoms with Crippen molar-refractivity contribution in [3.8, 4) is 22.6 Å². The second kappa shape index (κ2) is 5.17. The summed E-state index contributed by atoms with van der Waals surface area (Å²) in [6.45, 7) is 0. The standard InChI is InChI=1S/C17H11FN4O/c18-12-6-4-11(5-7-12)14-9-16-20-15(10-17(23)22(16)21-14)13-3-1-2-8-19-13/h1-10,21H. The Morgan fingerprint density at radius 2 is 1.83 bits per heavy atom. The molecule has 0 radical (unpaired) electrons. The molecule has 23 heavy (non-hydrogen) atoms. The maximum atomic E-state index is 13.0. The lowest BCUT2D eigenvalue weighted by molar-refractivity contribution is 0.628. The molecule has 0 bridgehead atoms. The zero-order valence-corrected chi connectivity index (χ0v) is 11.9. The third kappa shape index (κ3) is 2.40. The topological polar surface area (TPSA) is 63.0 Å². The van der Waals surface area contributed by atoms with Crippen LogP contribution < -0.4 is 5.56 Å². The van der Waals surface area contributed by atoms with Gasteiger partial charge in [-0.15, -0.1) is 0 Å². The van der Waals surface area contributed by atoms with Crippen molar-refractivity contribution in [1.82, 2.24) is 19.6 Å². The molecule has 4 rings (SSSR count). The number of rotatable bonds is 2. The third-order valence-electron chi connectivity index (χ3n) is 3.53. The number of aromatic amines is 1. The van der Waals surface area contributed by atoms with E-state index in [-0.39, 0.29) is 11.4 Å². The first-order valence-corrected chi connectivity index (χ1v) is 7.01. The van der Waals surface area contributed by atoms with Gasteiger partial charge in [0.05, 0.1) is 17.1 Å². The Labute approximate surface area is 130 Å². The molecule has 0 aliphatic rings. The first kappa shape index (κ1) is 13.4. The second-order valence-corrected chi connectivity index (χ2v) is 5.06. The van der Waals surface area contributed by atoms with E-state index in [1.807, 2.05) is 6.07 Å². The van der Waals surface area contributed by atoms with Crippen LogP contribution in [0.25, 0.3) is 28.3 Å². The molecule has 4 aromatic rings. The number of nitrogens with one attached hydrogen (secondary N) is 1.